The summed E-state index contributed by atoms with van der Waals surface area (Å²) in [5.41, 5.74) is 14.2. The highest BCUT2D eigenvalue weighted by Crippen LogP contribution is 2.25. The van der Waals surface area contributed by atoms with Crippen LogP contribution in [0.2, 0.25) is 0 Å². The number of nitrogens with two attached hydrogens (primary N) is 2. The average Bonchev–Trinajstić information content (AvgIpc) is 2.88. The topological polar surface area (TPSA) is 91.0 Å². The van der Waals surface area contributed by atoms with Gasteiger partial charge in [-0.2, -0.15) is 4.98 Å². The summed E-state index contributed by atoms with van der Waals surface area (Å²) in [5, 5.41) is 3.95. The van der Waals surface area contributed by atoms with Crippen LogP contribution in [-0.2, 0) is 0 Å². The van der Waals surface area contributed by atoms with Crippen molar-refractivity contribution < 1.29 is 4.52 Å². The Kier molecular flexibility index (Phi) is 2.64. The predicted molar refractivity (Wildman–Crippen MR) is 74.0 cm³/mol. The van der Waals surface area contributed by atoms with Crippen LogP contribution in [0.25, 0.3) is 22.8 Å². The molecule has 5 heteroatoms. The highest BCUT2D eigenvalue weighted by molar-refractivity contribution is 5.68. The van der Waals surface area contributed by atoms with E-state index in [-0.39, 0.29) is 0 Å². The molecule has 0 aliphatic carbocycles. The lowest BCUT2D eigenvalue weighted by Crippen LogP contribution is -1.91. The van der Waals surface area contributed by atoms with Crippen LogP contribution < -0.4 is 11.5 Å². The van der Waals surface area contributed by atoms with E-state index in [9.17, 15) is 0 Å². The maximum atomic E-state index is 5.74. The third-order valence-corrected chi connectivity index (χ3v) is 2.68. The normalized spacial score (nSPS) is 10.5. The number of anilines is 2. The van der Waals surface area contributed by atoms with Crippen LogP contribution in [0.1, 0.15) is 0 Å². The van der Waals surface area contributed by atoms with Gasteiger partial charge in [0.1, 0.15) is 0 Å². The van der Waals surface area contributed by atoms with Crippen LogP contribution in [0.3, 0.4) is 0 Å². The Hall–Kier alpha value is -2.82. The zero-order valence-corrected chi connectivity index (χ0v) is 10.1. The van der Waals surface area contributed by atoms with Gasteiger partial charge in [-0.1, -0.05) is 35.5 Å². The molecule has 1 aromatic heterocycles. The van der Waals surface area contributed by atoms with E-state index < -0.39 is 0 Å². The molecular formula is C14H12N4O. The van der Waals surface area contributed by atoms with Gasteiger partial charge >= 0.3 is 0 Å². The Balaban J connectivity index is 2.02. The van der Waals surface area contributed by atoms with Gasteiger partial charge in [-0.05, 0) is 18.2 Å². The number of aromatic nitrogens is 2. The molecule has 0 aliphatic rings. The molecule has 0 atom stereocenters. The summed E-state index contributed by atoms with van der Waals surface area (Å²) in [6, 6.07) is 14.8. The van der Waals surface area contributed by atoms with Gasteiger partial charge in [-0.3, -0.25) is 0 Å². The maximum absolute atomic E-state index is 5.74. The summed E-state index contributed by atoms with van der Waals surface area (Å²) in [7, 11) is 0. The van der Waals surface area contributed by atoms with E-state index in [1.54, 1.807) is 18.2 Å². The molecule has 4 N–H and O–H groups in total. The van der Waals surface area contributed by atoms with Crippen LogP contribution in [0.5, 0.6) is 0 Å². The van der Waals surface area contributed by atoms with Crippen LogP contribution >= 0.6 is 0 Å². The van der Waals surface area contributed by atoms with Crippen molar-refractivity contribution in [2.75, 3.05) is 11.5 Å². The Morgan fingerprint density at radius 1 is 0.842 bits per heavy atom. The molecule has 0 aliphatic heterocycles. The van der Waals surface area contributed by atoms with E-state index >= 15 is 0 Å². The molecule has 3 rings (SSSR count). The lowest BCUT2D eigenvalue weighted by Gasteiger charge is -1.99. The minimum absolute atomic E-state index is 0.401. The lowest BCUT2D eigenvalue weighted by molar-refractivity contribution is 0.432. The van der Waals surface area contributed by atoms with E-state index in [0.717, 1.165) is 5.56 Å². The van der Waals surface area contributed by atoms with Crippen LogP contribution in [0, 0.1) is 0 Å². The highest BCUT2D eigenvalue weighted by Gasteiger charge is 2.11. The van der Waals surface area contributed by atoms with Crippen molar-refractivity contribution >= 4 is 11.4 Å². The van der Waals surface area contributed by atoms with Crippen molar-refractivity contribution in [2.45, 2.75) is 0 Å². The van der Waals surface area contributed by atoms with Gasteiger partial charge in [-0.25, -0.2) is 0 Å². The number of benzene rings is 2. The first-order valence-electron chi connectivity index (χ1n) is 5.78. The Morgan fingerprint density at radius 2 is 1.53 bits per heavy atom. The smallest absolute Gasteiger partial charge is 0.258 e. The van der Waals surface area contributed by atoms with Gasteiger partial charge in [0.15, 0.2) is 0 Å². The Morgan fingerprint density at radius 3 is 2.21 bits per heavy atom. The lowest BCUT2D eigenvalue weighted by atomic mass is 10.1. The first kappa shape index (κ1) is 11.3. The van der Waals surface area contributed by atoms with Crippen molar-refractivity contribution in [3.05, 3.63) is 48.5 Å². The molecule has 2 aromatic carbocycles. The molecule has 0 spiro atoms. The number of hydrogen-bond donors (Lipinski definition) is 2. The van der Waals surface area contributed by atoms with Crippen LogP contribution in [-0.4, -0.2) is 10.1 Å². The molecule has 19 heavy (non-hydrogen) atoms. The number of hydrogen-bond acceptors (Lipinski definition) is 5. The predicted octanol–water partition coefficient (Wildman–Crippen LogP) is 2.57. The second-order valence-corrected chi connectivity index (χ2v) is 4.18. The van der Waals surface area contributed by atoms with E-state index in [0.29, 0.717) is 28.7 Å². The second-order valence-electron chi connectivity index (χ2n) is 4.18. The number of nitrogens with zero attached hydrogens (tertiary/aromatic N) is 2. The summed E-state index contributed by atoms with van der Waals surface area (Å²) in [6.45, 7) is 0. The summed E-state index contributed by atoms with van der Waals surface area (Å²) in [4.78, 5) is 4.34. The van der Waals surface area contributed by atoms with Gasteiger partial charge < -0.3 is 16.0 Å². The van der Waals surface area contributed by atoms with E-state index in [1.807, 2.05) is 30.3 Å². The van der Waals surface area contributed by atoms with E-state index in [2.05, 4.69) is 10.1 Å². The monoisotopic (exact) mass is 252 g/mol. The van der Waals surface area contributed by atoms with Crippen molar-refractivity contribution in [1.82, 2.24) is 10.1 Å². The Bertz CT molecular complexity index is 686. The first-order valence-corrected chi connectivity index (χ1v) is 5.78. The van der Waals surface area contributed by atoms with Crippen molar-refractivity contribution in [3.63, 3.8) is 0 Å². The van der Waals surface area contributed by atoms with Crippen molar-refractivity contribution in [1.29, 1.82) is 0 Å². The fourth-order valence-corrected chi connectivity index (χ4v) is 1.85. The molecule has 0 radical (unpaired) electrons. The van der Waals surface area contributed by atoms with E-state index in [4.69, 9.17) is 16.0 Å². The zero-order valence-electron chi connectivity index (χ0n) is 10.1. The molecule has 0 saturated heterocycles. The van der Waals surface area contributed by atoms with Gasteiger partial charge in [0.25, 0.3) is 5.89 Å². The molecule has 3 aromatic rings. The van der Waals surface area contributed by atoms with Gasteiger partial charge in [0.05, 0.1) is 0 Å². The van der Waals surface area contributed by atoms with Crippen molar-refractivity contribution in [2.24, 2.45) is 0 Å². The first-order chi connectivity index (χ1) is 9.22. The molecule has 1 heterocycles. The summed E-state index contributed by atoms with van der Waals surface area (Å²) < 4.78 is 5.24. The molecule has 0 unspecified atom stereocenters. The molecular weight excluding hydrogens is 240 g/mol. The fourth-order valence-electron chi connectivity index (χ4n) is 1.85. The molecule has 0 amide bonds. The zero-order chi connectivity index (χ0) is 13.2. The summed E-state index contributed by atoms with van der Waals surface area (Å²) in [5.74, 6) is 0.939. The average molecular weight is 252 g/mol. The SMILES string of the molecule is Nc1cc(N)cc(-c2nc(-c3ccccc3)no2)c1. The molecule has 5 nitrogen and oxygen atoms in total. The third kappa shape index (κ3) is 2.26. The van der Waals surface area contributed by atoms with Gasteiger partial charge in [-0.15, -0.1) is 0 Å². The van der Waals surface area contributed by atoms with Crippen molar-refractivity contribution in [3.8, 4) is 22.8 Å². The molecule has 0 fully saturated rings. The maximum Gasteiger partial charge on any atom is 0.258 e. The minimum Gasteiger partial charge on any atom is -0.399 e. The molecule has 0 saturated carbocycles. The summed E-state index contributed by atoms with van der Waals surface area (Å²) in [6.07, 6.45) is 0. The van der Waals surface area contributed by atoms with Crippen LogP contribution in [0.15, 0.2) is 53.1 Å². The number of rotatable bonds is 2. The molecule has 0 bridgehead atoms. The highest BCUT2D eigenvalue weighted by atomic mass is 16.5. The van der Waals surface area contributed by atoms with Gasteiger partial charge in [0, 0.05) is 22.5 Å². The number of nitrogen functional groups attached to an aromatic ring is 2. The quantitative estimate of drug-likeness (QED) is 0.684. The Labute approximate surface area is 109 Å². The minimum atomic E-state index is 0.401. The van der Waals surface area contributed by atoms with Crippen LogP contribution in [0.4, 0.5) is 11.4 Å². The fraction of sp³-hybridized carbons (Fsp3) is 0. The summed E-state index contributed by atoms with van der Waals surface area (Å²) >= 11 is 0. The second kappa shape index (κ2) is 4.45. The standard InChI is InChI=1S/C14H12N4O/c15-11-6-10(7-12(16)8-11)14-17-13(18-19-14)9-4-2-1-3-5-9/h1-8H,15-16H2. The largest absolute Gasteiger partial charge is 0.399 e. The third-order valence-electron chi connectivity index (χ3n) is 2.68. The van der Waals surface area contributed by atoms with Gasteiger partial charge in [0.2, 0.25) is 5.82 Å². The van der Waals surface area contributed by atoms with E-state index in [1.165, 1.54) is 0 Å². The molecule has 94 valence electrons.